The number of halogens is 1. The molecule has 3 aromatic rings. The minimum absolute atomic E-state index is 0.220. The molecule has 0 spiro atoms. The number of furan rings is 1. The van der Waals surface area contributed by atoms with Crippen molar-refractivity contribution in [1.29, 1.82) is 0 Å². The number of hydrogen-bond donors (Lipinski definition) is 2. The average molecular weight is 339 g/mol. The van der Waals surface area contributed by atoms with Crippen LogP contribution in [0.5, 0.6) is 0 Å². The second-order valence-electron chi connectivity index (χ2n) is 5.71. The summed E-state index contributed by atoms with van der Waals surface area (Å²) in [6.07, 6.45) is 0.738. The molecule has 3 rings (SSSR count). The third-order valence-electron chi connectivity index (χ3n) is 3.86. The van der Waals surface area contributed by atoms with E-state index in [1.54, 1.807) is 30.3 Å². The van der Waals surface area contributed by atoms with Crippen molar-refractivity contribution < 1.29 is 18.7 Å². The zero-order chi connectivity index (χ0) is 17.6. The van der Waals surface area contributed by atoms with Gasteiger partial charge in [-0.1, -0.05) is 24.3 Å². The van der Waals surface area contributed by atoms with E-state index in [-0.39, 0.29) is 11.4 Å². The molecule has 1 aromatic heterocycles. The van der Waals surface area contributed by atoms with E-state index < -0.39 is 5.97 Å². The maximum atomic E-state index is 13.1. The van der Waals surface area contributed by atoms with E-state index in [4.69, 9.17) is 9.52 Å². The molecule has 0 aliphatic rings. The summed E-state index contributed by atoms with van der Waals surface area (Å²) in [5.74, 6) is 0.312. The molecule has 4 nitrogen and oxygen atoms in total. The fourth-order valence-corrected chi connectivity index (χ4v) is 2.54. The summed E-state index contributed by atoms with van der Waals surface area (Å²) in [7, 11) is 0. The predicted molar refractivity (Wildman–Crippen MR) is 92.9 cm³/mol. The van der Waals surface area contributed by atoms with Crippen LogP contribution >= 0.6 is 0 Å². The molecule has 25 heavy (non-hydrogen) atoms. The van der Waals surface area contributed by atoms with Gasteiger partial charge in [0.25, 0.3) is 0 Å². The Morgan fingerprint density at radius 3 is 2.60 bits per heavy atom. The molecule has 1 heterocycles. The van der Waals surface area contributed by atoms with Crippen molar-refractivity contribution in [2.75, 3.05) is 6.54 Å². The van der Waals surface area contributed by atoms with Crippen molar-refractivity contribution in [1.82, 2.24) is 5.32 Å². The van der Waals surface area contributed by atoms with Gasteiger partial charge in [0.1, 0.15) is 17.3 Å². The van der Waals surface area contributed by atoms with Crippen LogP contribution in [0.1, 0.15) is 21.7 Å². The lowest BCUT2D eigenvalue weighted by molar-refractivity contribution is 0.0697. The van der Waals surface area contributed by atoms with Crippen LogP contribution in [0, 0.1) is 5.82 Å². The summed E-state index contributed by atoms with van der Waals surface area (Å²) < 4.78 is 18.9. The molecule has 0 aliphatic heterocycles. The number of carboxylic acid groups (broad SMARTS) is 1. The van der Waals surface area contributed by atoms with Gasteiger partial charge in [-0.05, 0) is 54.9 Å². The highest BCUT2D eigenvalue weighted by molar-refractivity contribution is 5.88. The number of benzene rings is 2. The van der Waals surface area contributed by atoms with Gasteiger partial charge in [0, 0.05) is 5.56 Å². The van der Waals surface area contributed by atoms with Gasteiger partial charge < -0.3 is 14.8 Å². The second kappa shape index (κ2) is 7.77. The Morgan fingerprint density at radius 2 is 1.88 bits per heavy atom. The molecule has 128 valence electrons. The first-order chi connectivity index (χ1) is 12.1. The molecule has 0 atom stereocenters. The Balaban J connectivity index is 1.52. The Kier molecular flexibility index (Phi) is 5.26. The minimum atomic E-state index is -0.950. The smallest absolute Gasteiger partial charge is 0.335 e. The van der Waals surface area contributed by atoms with Crippen LogP contribution in [-0.4, -0.2) is 17.6 Å². The molecular formula is C20H18FNO3. The molecule has 0 unspecified atom stereocenters. The number of carboxylic acids is 1. The number of nitrogens with one attached hydrogen (secondary N) is 1. The Bertz CT molecular complexity index is 855. The number of aromatic carboxylic acids is 1. The van der Waals surface area contributed by atoms with E-state index in [0.717, 1.165) is 23.3 Å². The summed E-state index contributed by atoms with van der Waals surface area (Å²) in [6.45, 7) is 1.29. The van der Waals surface area contributed by atoms with Crippen molar-refractivity contribution in [3.63, 3.8) is 0 Å². The third kappa shape index (κ3) is 4.55. The molecule has 0 bridgehead atoms. The van der Waals surface area contributed by atoms with Gasteiger partial charge >= 0.3 is 5.97 Å². The van der Waals surface area contributed by atoms with E-state index in [1.165, 1.54) is 12.1 Å². The van der Waals surface area contributed by atoms with Crippen molar-refractivity contribution >= 4 is 5.97 Å². The zero-order valence-electron chi connectivity index (χ0n) is 13.5. The van der Waals surface area contributed by atoms with Crippen LogP contribution in [0.4, 0.5) is 4.39 Å². The van der Waals surface area contributed by atoms with Gasteiger partial charge in [-0.2, -0.15) is 0 Å². The maximum Gasteiger partial charge on any atom is 0.335 e. The lowest BCUT2D eigenvalue weighted by atomic mass is 10.1. The first-order valence-electron chi connectivity index (χ1n) is 7.99. The summed E-state index contributed by atoms with van der Waals surface area (Å²) in [6, 6.07) is 16.9. The standard InChI is InChI=1S/C20H18FNO3/c21-17-3-1-2-14(12-17)10-11-22-13-18-8-9-19(25-18)15-4-6-16(7-5-15)20(23)24/h1-9,12,22H,10-11,13H2,(H,23,24). The van der Waals surface area contributed by atoms with Gasteiger partial charge in [0.2, 0.25) is 0 Å². The van der Waals surface area contributed by atoms with E-state index in [1.807, 2.05) is 18.2 Å². The van der Waals surface area contributed by atoms with Crippen LogP contribution in [0.2, 0.25) is 0 Å². The Morgan fingerprint density at radius 1 is 1.08 bits per heavy atom. The molecule has 0 saturated carbocycles. The van der Waals surface area contributed by atoms with Gasteiger partial charge in [0.15, 0.2) is 0 Å². The van der Waals surface area contributed by atoms with Crippen LogP contribution in [0.25, 0.3) is 11.3 Å². The van der Waals surface area contributed by atoms with Gasteiger partial charge in [-0.25, -0.2) is 9.18 Å². The fourth-order valence-electron chi connectivity index (χ4n) is 2.54. The van der Waals surface area contributed by atoms with E-state index in [2.05, 4.69) is 5.32 Å². The van der Waals surface area contributed by atoms with E-state index in [0.29, 0.717) is 18.8 Å². The lowest BCUT2D eigenvalue weighted by Gasteiger charge is -2.04. The van der Waals surface area contributed by atoms with Gasteiger partial charge in [-0.3, -0.25) is 0 Å². The third-order valence-corrected chi connectivity index (χ3v) is 3.86. The van der Waals surface area contributed by atoms with Gasteiger partial charge in [0.05, 0.1) is 12.1 Å². The monoisotopic (exact) mass is 339 g/mol. The Labute approximate surface area is 144 Å². The van der Waals surface area contributed by atoms with Crippen LogP contribution < -0.4 is 5.32 Å². The minimum Gasteiger partial charge on any atom is -0.478 e. The SMILES string of the molecule is O=C(O)c1ccc(-c2ccc(CNCCc3cccc(F)c3)o2)cc1. The fraction of sp³-hybridized carbons (Fsp3) is 0.150. The molecule has 0 radical (unpaired) electrons. The molecule has 2 N–H and O–H groups in total. The highest BCUT2D eigenvalue weighted by atomic mass is 19.1. The normalized spacial score (nSPS) is 10.8. The maximum absolute atomic E-state index is 13.1. The number of rotatable bonds is 7. The van der Waals surface area contributed by atoms with Crippen LogP contribution in [0.15, 0.2) is 65.1 Å². The summed E-state index contributed by atoms with van der Waals surface area (Å²) >= 11 is 0. The van der Waals surface area contributed by atoms with E-state index in [9.17, 15) is 9.18 Å². The summed E-state index contributed by atoms with van der Waals surface area (Å²) in [5, 5.41) is 12.2. The van der Waals surface area contributed by atoms with Crippen molar-refractivity contribution in [3.8, 4) is 11.3 Å². The highest BCUT2D eigenvalue weighted by Gasteiger charge is 2.07. The summed E-state index contributed by atoms with van der Waals surface area (Å²) in [4.78, 5) is 10.9. The first kappa shape index (κ1) is 16.9. The lowest BCUT2D eigenvalue weighted by Crippen LogP contribution is -2.16. The molecule has 2 aromatic carbocycles. The predicted octanol–water partition coefficient (Wildman–Crippen LogP) is 4.12. The van der Waals surface area contributed by atoms with Crippen LogP contribution in [0.3, 0.4) is 0 Å². The van der Waals surface area contributed by atoms with E-state index >= 15 is 0 Å². The molecular weight excluding hydrogens is 321 g/mol. The number of hydrogen-bond acceptors (Lipinski definition) is 3. The quantitative estimate of drug-likeness (QED) is 0.636. The van der Waals surface area contributed by atoms with Crippen molar-refractivity contribution in [2.45, 2.75) is 13.0 Å². The molecule has 5 heteroatoms. The molecule has 0 aliphatic carbocycles. The zero-order valence-corrected chi connectivity index (χ0v) is 13.5. The average Bonchev–Trinajstić information content (AvgIpc) is 3.08. The van der Waals surface area contributed by atoms with Crippen molar-refractivity contribution in [3.05, 3.63) is 83.4 Å². The highest BCUT2D eigenvalue weighted by Crippen LogP contribution is 2.22. The van der Waals surface area contributed by atoms with Crippen LogP contribution in [-0.2, 0) is 13.0 Å². The molecule has 0 amide bonds. The van der Waals surface area contributed by atoms with Gasteiger partial charge in [-0.15, -0.1) is 0 Å². The molecule has 0 saturated heterocycles. The first-order valence-corrected chi connectivity index (χ1v) is 7.99. The largest absolute Gasteiger partial charge is 0.478 e. The summed E-state index contributed by atoms with van der Waals surface area (Å²) in [5.41, 5.74) is 2.02. The topological polar surface area (TPSA) is 62.5 Å². The van der Waals surface area contributed by atoms with Crippen molar-refractivity contribution in [2.24, 2.45) is 0 Å². The Hall–Kier alpha value is -2.92. The molecule has 0 fully saturated rings. The second-order valence-corrected chi connectivity index (χ2v) is 5.71. The number of carbonyl (C=O) groups is 1.